The molecule has 0 amide bonds. The van der Waals surface area contributed by atoms with E-state index in [1.165, 1.54) is 3.57 Å². The van der Waals surface area contributed by atoms with Gasteiger partial charge in [-0.1, -0.05) is 0 Å². The number of aryl methyl sites for hydroxylation is 1. The second kappa shape index (κ2) is 5.07. The van der Waals surface area contributed by atoms with E-state index in [-0.39, 0.29) is 5.60 Å². The van der Waals surface area contributed by atoms with Crippen molar-refractivity contribution >= 4 is 22.6 Å². The van der Waals surface area contributed by atoms with Crippen molar-refractivity contribution in [1.29, 1.82) is 0 Å². The van der Waals surface area contributed by atoms with Crippen LogP contribution in [0.25, 0.3) is 0 Å². The highest BCUT2D eigenvalue weighted by Gasteiger charge is 2.15. The molecule has 0 aliphatic carbocycles. The van der Waals surface area contributed by atoms with E-state index in [2.05, 4.69) is 53.6 Å². The number of rotatable bonds is 4. The molecule has 3 heteroatoms. The maximum atomic E-state index is 5.35. The Morgan fingerprint density at radius 3 is 2.64 bits per heavy atom. The minimum absolute atomic E-state index is 0.0509. The van der Waals surface area contributed by atoms with Crippen LogP contribution in [0, 0.1) is 3.57 Å². The lowest BCUT2D eigenvalue weighted by atomic mass is 10.0. The Bertz CT molecular complexity index is 282. The first-order valence-corrected chi connectivity index (χ1v) is 5.77. The Labute approximate surface area is 99.2 Å². The molecule has 0 spiro atoms. The van der Waals surface area contributed by atoms with E-state index in [0.717, 1.165) is 18.5 Å². The molecule has 0 N–H and O–H groups in total. The molecule has 1 aromatic rings. The van der Waals surface area contributed by atoms with Crippen LogP contribution in [0.4, 0.5) is 0 Å². The van der Waals surface area contributed by atoms with Gasteiger partial charge in [0.25, 0.3) is 0 Å². The molecule has 2 nitrogen and oxygen atoms in total. The number of methoxy groups -OCH3 is 1. The molecule has 78 valence electrons. The Kier molecular flexibility index (Phi) is 4.31. The van der Waals surface area contributed by atoms with E-state index in [1.54, 1.807) is 7.11 Å². The van der Waals surface area contributed by atoms with Crippen molar-refractivity contribution in [3.05, 3.63) is 27.6 Å². The molecule has 0 fully saturated rings. The molecule has 0 aliphatic rings. The number of hydrogen-bond donors (Lipinski definition) is 0. The molecule has 14 heavy (non-hydrogen) atoms. The molecule has 0 atom stereocenters. The van der Waals surface area contributed by atoms with Gasteiger partial charge in [-0.05, 0) is 61.4 Å². The van der Waals surface area contributed by atoms with E-state index in [4.69, 9.17) is 4.74 Å². The molecule has 0 aliphatic heterocycles. The van der Waals surface area contributed by atoms with Gasteiger partial charge in [-0.2, -0.15) is 0 Å². The van der Waals surface area contributed by atoms with Gasteiger partial charge < -0.3 is 4.74 Å². The fraction of sp³-hybridized carbons (Fsp3) is 0.545. The summed E-state index contributed by atoms with van der Waals surface area (Å²) in [5, 5.41) is 0. The molecule has 0 saturated carbocycles. The van der Waals surface area contributed by atoms with Crippen LogP contribution in [0.5, 0.6) is 0 Å². The SMILES string of the molecule is COC(C)(C)CCc1ccc(I)cn1. The number of aromatic nitrogens is 1. The first-order valence-electron chi connectivity index (χ1n) is 4.69. The highest BCUT2D eigenvalue weighted by molar-refractivity contribution is 14.1. The molecular formula is C11H16INO. The topological polar surface area (TPSA) is 22.1 Å². The van der Waals surface area contributed by atoms with Crippen LogP contribution in [0.3, 0.4) is 0 Å². The van der Waals surface area contributed by atoms with E-state index in [1.807, 2.05) is 6.20 Å². The first-order chi connectivity index (χ1) is 6.53. The van der Waals surface area contributed by atoms with Gasteiger partial charge in [0, 0.05) is 22.6 Å². The van der Waals surface area contributed by atoms with Gasteiger partial charge in [-0.25, -0.2) is 0 Å². The second-order valence-electron chi connectivity index (χ2n) is 3.93. The van der Waals surface area contributed by atoms with Crippen molar-refractivity contribution in [2.24, 2.45) is 0 Å². The van der Waals surface area contributed by atoms with E-state index >= 15 is 0 Å². The van der Waals surface area contributed by atoms with Crippen LogP contribution in [-0.2, 0) is 11.2 Å². The Morgan fingerprint density at radius 2 is 2.14 bits per heavy atom. The standard InChI is InChI=1S/C11H16INO/c1-11(2,14-3)7-6-10-5-4-9(12)8-13-10/h4-5,8H,6-7H2,1-3H3. The van der Waals surface area contributed by atoms with Gasteiger partial charge in [-0.15, -0.1) is 0 Å². The van der Waals surface area contributed by atoms with Crippen LogP contribution < -0.4 is 0 Å². The quantitative estimate of drug-likeness (QED) is 0.798. The summed E-state index contributed by atoms with van der Waals surface area (Å²) in [6, 6.07) is 4.16. The summed E-state index contributed by atoms with van der Waals surface area (Å²) in [4.78, 5) is 4.35. The van der Waals surface area contributed by atoms with Crippen LogP contribution in [0.1, 0.15) is 26.0 Å². The average Bonchev–Trinajstić information content (AvgIpc) is 2.17. The van der Waals surface area contributed by atoms with Gasteiger partial charge in [0.15, 0.2) is 0 Å². The molecule has 1 heterocycles. The highest BCUT2D eigenvalue weighted by atomic mass is 127. The van der Waals surface area contributed by atoms with Crippen molar-refractivity contribution in [3.8, 4) is 0 Å². The molecule has 0 unspecified atom stereocenters. The maximum absolute atomic E-state index is 5.35. The van der Waals surface area contributed by atoms with Gasteiger partial charge in [0.1, 0.15) is 0 Å². The van der Waals surface area contributed by atoms with Crippen LogP contribution in [0.2, 0.25) is 0 Å². The second-order valence-corrected chi connectivity index (χ2v) is 5.18. The zero-order valence-corrected chi connectivity index (χ0v) is 11.0. The Balaban J connectivity index is 2.50. The van der Waals surface area contributed by atoms with Crippen molar-refractivity contribution < 1.29 is 4.74 Å². The van der Waals surface area contributed by atoms with Crippen molar-refractivity contribution in [3.63, 3.8) is 0 Å². The van der Waals surface area contributed by atoms with E-state index in [9.17, 15) is 0 Å². The zero-order valence-electron chi connectivity index (χ0n) is 8.88. The highest BCUT2D eigenvalue weighted by Crippen LogP contribution is 2.16. The molecule has 0 bridgehead atoms. The summed E-state index contributed by atoms with van der Waals surface area (Å²) in [5.74, 6) is 0. The molecule has 1 aromatic heterocycles. The molecular weight excluding hydrogens is 289 g/mol. The number of ether oxygens (including phenoxy) is 1. The first kappa shape index (κ1) is 11.9. The van der Waals surface area contributed by atoms with Gasteiger partial charge >= 0.3 is 0 Å². The Hall–Kier alpha value is -0.160. The maximum Gasteiger partial charge on any atom is 0.0626 e. The van der Waals surface area contributed by atoms with Crippen LogP contribution >= 0.6 is 22.6 Å². The van der Waals surface area contributed by atoms with Crippen molar-refractivity contribution in [1.82, 2.24) is 4.98 Å². The monoisotopic (exact) mass is 305 g/mol. The largest absolute Gasteiger partial charge is 0.379 e. The van der Waals surface area contributed by atoms with Crippen LogP contribution in [-0.4, -0.2) is 17.7 Å². The zero-order chi connectivity index (χ0) is 10.6. The number of hydrogen-bond acceptors (Lipinski definition) is 2. The molecule has 0 aromatic carbocycles. The average molecular weight is 305 g/mol. The molecule has 0 saturated heterocycles. The third-order valence-corrected chi connectivity index (χ3v) is 2.96. The number of halogens is 1. The summed E-state index contributed by atoms with van der Waals surface area (Å²) in [7, 11) is 1.75. The lowest BCUT2D eigenvalue weighted by molar-refractivity contribution is 0.0156. The minimum atomic E-state index is -0.0509. The summed E-state index contributed by atoms with van der Waals surface area (Å²) < 4.78 is 6.53. The predicted molar refractivity (Wildman–Crippen MR) is 66.4 cm³/mol. The number of nitrogens with zero attached hydrogens (tertiary/aromatic N) is 1. The van der Waals surface area contributed by atoms with Gasteiger partial charge in [0.2, 0.25) is 0 Å². The third kappa shape index (κ3) is 3.92. The fourth-order valence-corrected chi connectivity index (χ4v) is 1.40. The van der Waals surface area contributed by atoms with Crippen molar-refractivity contribution in [2.45, 2.75) is 32.3 Å². The van der Waals surface area contributed by atoms with E-state index in [0.29, 0.717) is 0 Å². The van der Waals surface area contributed by atoms with Gasteiger partial charge in [-0.3, -0.25) is 4.98 Å². The minimum Gasteiger partial charge on any atom is -0.379 e. The normalized spacial score (nSPS) is 11.7. The van der Waals surface area contributed by atoms with E-state index < -0.39 is 0 Å². The van der Waals surface area contributed by atoms with Crippen LogP contribution in [0.15, 0.2) is 18.3 Å². The lowest BCUT2D eigenvalue weighted by Crippen LogP contribution is -2.23. The molecule has 1 rings (SSSR count). The Morgan fingerprint density at radius 1 is 1.43 bits per heavy atom. The molecule has 0 radical (unpaired) electrons. The summed E-state index contributed by atoms with van der Waals surface area (Å²) >= 11 is 2.26. The van der Waals surface area contributed by atoms with Crippen molar-refractivity contribution in [2.75, 3.05) is 7.11 Å². The third-order valence-electron chi connectivity index (χ3n) is 2.32. The summed E-state index contributed by atoms with van der Waals surface area (Å²) in [6.45, 7) is 4.19. The smallest absolute Gasteiger partial charge is 0.0626 e. The predicted octanol–water partition coefficient (Wildman–Crippen LogP) is 3.04. The van der Waals surface area contributed by atoms with Gasteiger partial charge in [0.05, 0.1) is 5.60 Å². The lowest BCUT2D eigenvalue weighted by Gasteiger charge is -2.22. The fourth-order valence-electron chi connectivity index (χ4n) is 1.09. The summed E-state index contributed by atoms with van der Waals surface area (Å²) in [6.07, 6.45) is 3.87. The summed E-state index contributed by atoms with van der Waals surface area (Å²) in [5.41, 5.74) is 1.08. The number of pyridine rings is 1.